The maximum Gasteiger partial charge on any atom is 0.313 e. The molecule has 110 valence electrons. The summed E-state index contributed by atoms with van der Waals surface area (Å²) >= 11 is 4.38. The van der Waals surface area contributed by atoms with Crippen LogP contribution in [0.2, 0.25) is 0 Å². The van der Waals surface area contributed by atoms with Crippen LogP contribution in [0.15, 0.2) is 39.7 Å². The second kappa shape index (κ2) is 6.49. The summed E-state index contributed by atoms with van der Waals surface area (Å²) in [7, 11) is 0. The van der Waals surface area contributed by atoms with Crippen LogP contribution in [0.4, 0.5) is 5.69 Å². The fourth-order valence-electron chi connectivity index (χ4n) is 2.09. The Labute approximate surface area is 136 Å². The summed E-state index contributed by atoms with van der Waals surface area (Å²) in [6, 6.07) is 8.87. The van der Waals surface area contributed by atoms with Crippen LogP contribution in [0.5, 0.6) is 5.75 Å². The predicted octanol–water partition coefficient (Wildman–Crippen LogP) is 5.37. The smallest absolute Gasteiger partial charge is 0.313 e. The van der Waals surface area contributed by atoms with E-state index < -0.39 is 4.92 Å². The zero-order chi connectivity index (χ0) is 15.6. The summed E-state index contributed by atoms with van der Waals surface area (Å²) in [6.07, 6.45) is 0. The zero-order valence-corrected chi connectivity index (χ0v) is 14.2. The Kier molecular flexibility index (Phi) is 4.90. The SMILES string of the molecule is Cc1cc(C)c(SOc2ccc(Br)cc2[N+](=O)[O-])c(C)c1. The van der Waals surface area contributed by atoms with Crippen molar-refractivity contribution in [2.45, 2.75) is 25.7 Å². The summed E-state index contributed by atoms with van der Waals surface area (Å²) in [5.41, 5.74) is 3.32. The Morgan fingerprint density at radius 1 is 1.14 bits per heavy atom. The summed E-state index contributed by atoms with van der Waals surface area (Å²) in [4.78, 5) is 11.6. The highest BCUT2D eigenvalue weighted by atomic mass is 79.9. The molecule has 0 saturated heterocycles. The quantitative estimate of drug-likeness (QED) is 0.414. The number of nitrogens with zero attached hydrogens (tertiary/aromatic N) is 1. The molecule has 0 atom stereocenters. The highest BCUT2D eigenvalue weighted by Gasteiger charge is 2.17. The third-order valence-corrected chi connectivity index (χ3v) is 4.50. The predicted molar refractivity (Wildman–Crippen MR) is 87.9 cm³/mol. The lowest BCUT2D eigenvalue weighted by molar-refractivity contribution is -0.385. The van der Waals surface area contributed by atoms with Crippen molar-refractivity contribution >= 4 is 33.7 Å². The Balaban J connectivity index is 2.27. The molecule has 0 radical (unpaired) electrons. The Morgan fingerprint density at radius 2 is 1.76 bits per heavy atom. The summed E-state index contributed by atoms with van der Waals surface area (Å²) in [5.74, 6) is 0.243. The van der Waals surface area contributed by atoms with E-state index >= 15 is 0 Å². The number of halogens is 1. The van der Waals surface area contributed by atoms with Gasteiger partial charge in [-0.25, -0.2) is 0 Å². The van der Waals surface area contributed by atoms with Crippen LogP contribution in [0, 0.1) is 30.9 Å². The maximum absolute atomic E-state index is 11.1. The number of hydrogen-bond acceptors (Lipinski definition) is 4. The molecule has 0 aliphatic rings. The minimum Gasteiger partial charge on any atom is -0.413 e. The Hall–Kier alpha value is -1.53. The number of benzene rings is 2. The molecule has 0 spiro atoms. The monoisotopic (exact) mass is 367 g/mol. The highest BCUT2D eigenvalue weighted by molar-refractivity contribution is 9.10. The van der Waals surface area contributed by atoms with Gasteiger partial charge in [-0.15, -0.1) is 0 Å². The van der Waals surface area contributed by atoms with Gasteiger partial charge in [-0.2, -0.15) is 0 Å². The van der Waals surface area contributed by atoms with Crippen LogP contribution in [0.25, 0.3) is 0 Å². The number of rotatable bonds is 4. The molecule has 0 unspecified atom stereocenters. The summed E-state index contributed by atoms with van der Waals surface area (Å²) < 4.78 is 6.24. The molecule has 0 aliphatic carbocycles. The van der Waals surface area contributed by atoms with E-state index in [0.717, 1.165) is 28.1 Å². The second-order valence-corrected chi connectivity index (χ2v) is 6.42. The molecular weight excluding hydrogens is 354 g/mol. The lowest BCUT2D eigenvalue weighted by Crippen LogP contribution is -1.94. The lowest BCUT2D eigenvalue weighted by atomic mass is 10.1. The van der Waals surface area contributed by atoms with Gasteiger partial charge in [-0.05, 0) is 44.0 Å². The minimum absolute atomic E-state index is 0.0562. The molecular formula is C15H14BrNO3S. The highest BCUT2D eigenvalue weighted by Crippen LogP contribution is 2.36. The van der Waals surface area contributed by atoms with E-state index in [1.165, 1.54) is 11.6 Å². The molecule has 4 nitrogen and oxygen atoms in total. The molecule has 0 saturated carbocycles. The third-order valence-electron chi connectivity index (χ3n) is 2.94. The first kappa shape index (κ1) is 15.9. The van der Waals surface area contributed by atoms with E-state index in [9.17, 15) is 10.1 Å². The number of nitro benzene ring substituents is 1. The fraction of sp³-hybridized carbons (Fsp3) is 0.200. The number of nitro groups is 1. The van der Waals surface area contributed by atoms with Crippen molar-refractivity contribution in [1.82, 2.24) is 0 Å². The van der Waals surface area contributed by atoms with Crippen molar-refractivity contribution in [3.05, 3.63) is 61.6 Å². The van der Waals surface area contributed by atoms with Gasteiger partial charge in [0.25, 0.3) is 0 Å². The summed E-state index contributed by atoms with van der Waals surface area (Å²) in [6.45, 7) is 6.04. The van der Waals surface area contributed by atoms with Crippen molar-refractivity contribution in [2.75, 3.05) is 0 Å². The van der Waals surface area contributed by atoms with E-state index in [0.29, 0.717) is 4.47 Å². The van der Waals surface area contributed by atoms with E-state index in [1.807, 2.05) is 20.8 Å². The maximum atomic E-state index is 11.1. The third kappa shape index (κ3) is 3.77. The van der Waals surface area contributed by atoms with E-state index in [2.05, 4.69) is 28.1 Å². The minimum atomic E-state index is -0.449. The molecule has 2 aromatic rings. The van der Waals surface area contributed by atoms with Gasteiger partial charge in [0.15, 0.2) is 0 Å². The van der Waals surface area contributed by atoms with Crippen LogP contribution in [0.3, 0.4) is 0 Å². The fourth-order valence-corrected chi connectivity index (χ4v) is 3.13. The van der Waals surface area contributed by atoms with Crippen molar-refractivity contribution in [3.8, 4) is 5.75 Å². The molecule has 0 amide bonds. The van der Waals surface area contributed by atoms with Crippen LogP contribution in [-0.4, -0.2) is 4.92 Å². The van der Waals surface area contributed by atoms with Gasteiger partial charge in [0.1, 0.15) is 0 Å². The van der Waals surface area contributed by atoms with Crippen molar-refractivity contribution in [1.29, 1.82) is 0 Å². The van der Waals surface area contributed by atoms with Crippen molar-refractivity contribution in [2.24, 2.45) is 0 Å². The van der Waals surface area contributed by atoms with Crippen molar-refractivity contribution in [3.63, 3.8) is 0 Å². The standard InChI is InChI=1S/C15H14BrNO3S/c1-9-6-10(2)15(11(3)7-9)21-20-14-5-4-12(16)8-13(14)17(18)19/h4-8H,1-3H3. The molecule has 6 heteroatoms. The second-order valence-electron chi connectivity index (χ2n) is 4.76. The van der Waals surface area contributed by atoms with Gasteiger partial charge >= 0.3 is 5.69 Å². The van der Waals surface area contributed by atoms with Gasteiger partial charge in [-0.1, -0.05) is 33.6 Å². The van der Waals surface area contributed by atoms with E-state index in [-0.39, 0.29) is 11.4 Å². The average Bonchev–Trinajstić information content (AvgIpc) is 2.38. The van der Waals surface area contributed by atoms with E-state index in [4.69, 9.17) is 4.18 Å². The lowest BCUT2D eigenvalue weighted by Gasteiger charge is -2.11. The van der Waals surface area contributed by atoms with Crippen LogP contribution in [0.1, 0.15) is 16.7 Å². The largest absolute Gasteiger partial charge is 0.413 e. The molecule has 0 aliphatic heterocycles. The molecule has 0 fully saturated rings. The first-order valence-electron chi connectivity index (χ1n) is 6.25. The normalized spacial score (nSPS) is 10.5. The molecule has 0 aromatic heterocycles. The van der Waals surface area contributed by atoms with E-state index in [1.54, 1.807) is 12.1 Å². The van der Waals surface area contributed by atoms with Crippen LogP contribution < -0.4 is 4.18 Å². The van der Waals surface area contributed by atoms with Gasteiger partial charge in [-0.3, -0.25) is 10.1 Å². The zero-order valence-electron chi connectivity index (χ0n) is 11.8. The Bertz CT molecular complexity index is 680. The van der Waals surface area contributed by atoms with Crippen molar-refractivity contribution < 1.29 is 9.11 Å². The van der Waals surface area contributed by atoms with Gasteiger partial charge in [0.2, 0.25) is 5.75 Å². The molecule has 2 rings (SSSR count). The van der Waals surface area contributed by atoms with Crippen LogP contribution in [-0.2, 0) is 0 Å². The topological polar surface area (TPSA) is 52.4 Å². The first-order chi connectivity index (χ1) is 9.88. The Morgan fingerprint density at radius 3 is 2.33 bits per heavy atom. The molecule has 0 bridgehead atoms. The summed E-state index contributed by atoms with van der Waals surface area (Å²) in [5, 5.41) is 11.1. The molecule has 0 N–H and O–H groups in total. The molecule has 2 aromatic carbocycles. The molecule has 21 heavy (non-hydrogen) atoms. The van der Waals surface area contributed by atoms with Crippen LogP contribution >= 0.6 is 28.0 Å². The van der Waals surface area contributed by atoms with Gasteiger partial charge < -0.3 is 4.18 Å². The van der Waals surface area contributed by atoms with Gasteiger partial charge in [0, 0.05) is 10.5 Å². The average molecular weight is 368 g/mol. The number of hydrogen-bond donors (Lipinski definition) is 0. The van der Waals surface area contributed by atoms with Gasteiger partial charge in [0.05, 0.1) is 21.9 Å². The number of aryl methyl sites for hydroxylation is 3. The first-order valence-corrected chi connectivity index (χ1v) is 7.78. The molecule has 0 heterocycles.